The second-order valence-corrected chi connectivity index (χ2v) is 6.44. The molecule has 1 aliphatic heterocycles. The van der Waals surface area contributed by atoms with Crippen LogP contribution in [-0.4, -0.2) is 33.8 Å². The molecule has 0 fully saturated rings. The zero-order valence-electron chi connectivity index (χ0n) is 16.0. The van der Waals surface area contributed by atoms with E-state index in [1.807, 2.05) is 50.2 Å². The van der Waals surface area contributed by atoms with Gasteiger partial charge in [-0.3, -0.25) is 4.79 Å². The van der Waals surface area contributed by atoms with Gasteiger partial charge in [0.2, 0.25) is 12.5 Å². The quantitative estimate of drug-likeness (QED) is 0.476. The second-order valence-electron chi connectivity index (χ2n) is 6.44. The van der Waals surface area contributed by atoms with Crippen LogP contribution in [0.5, 0.6) is 17.2 Å². The summed E-state index contributed by atoms with van der Waals surface area (Å²) in [5.74, 6) is 1.73. The monoisotopic (exact) mass is 368 g/mol. The van der Waals surface area contributed by atoms with E-state index in [-0.39, 0.29) is 12.6 Å². The lowest BCUT2D eigenvalue weighted by Gasteiger charge is -2.16. The van der Waals surface area contributed by atoms with E-state index >= 15 is 0 Å². The maximum atomic E-state index is 13.1. The lowest BCUT2D eigenvalue weighted by Crippen LogP contribution is -2.13. The predicted octanol–water partition coefficient (Wildman–Crippen LogP) is 3.75. The molecule has 1 aliphatic rings. The van der Waals surface area contributed by atoms with Crippen molar-refractivity contribution < 1.29 is 19.0 Å². The first-order valence-corrected chi connectivity index (χ1v) is 8.75. The minimum atomic E-state index is -0.0414. The van der Waals surface area contributed by atoms with Gasteiger partial charge < -0.3 is 24.8 Å². The van der Waals surface area contributed by atoms with E-state index in [0.717, 1.165) is 11.3 Å². The van der Waals surface area contributed by atoms with Gasteiger partial charge in [-0.1, -0.05) is 6.92 Å². The van der Waals surface area contributed by atoms with Gasteiger partial charge in [0.05, 0.1) is 18.5 Å². The Morgan fingerprint density at radius 1 is 1.26 bits per heavy atom. The van der Waals surface area contributed by atoms with Crippen LogP contribution in [0.2, 0.25) is 0 Å². The third kappa shape index (κ3) is 3.56. The number of allylic oxidation sites excluding steroid dienone is 1. The minimum Gasteiger partial charge on any atom is -0.492 e. The van der Waals surface area contributed by atoms with Crippen LogP contribution in [0.3, 0.4) is 0 Å². The minimum absolute atomic E-state index is 0.0414. The molecule has 0 atom stereocenters. The fourth-order valence-corrected chi connectivity index (χ4v) is 3.06. The van der Waals surface area contributed by atoms with Gasteiger partial charge in [0.15, 0.2) is 17.3 Å². The Kier molecular flexibility index (Phi) is 5.26. The molecular weight excluding hydrogens is 344 g/mol. The SMILES string of the molecule is CC/C(=C\c1ccc2c(c1OC)OCO2)C(=O)c1ccc(N)c(N(C)C)c1. The van der Waals surface area contributed by atoms with E-state index in [4.69, 9.17) is 19.9 Å². The van der Waals surface area contributed by atoms with E-state index < -0.39 is 0 Å². The molecular formula is C21H24N2O4. The molecule has 0 saturated heterocycles. The molecule has 27 heavy (non-hydrogen) atoms. The highest BCUT2D eigenvalue weighted by Gasteiger charge is 2.22. The normalized spacial score (nSPS) is 12.8. The van der Waals surface area contributed by atoms with Crippen molar-refractivity contribution in [3.05, 3.63) is 47.0 Å². The number of anilines is 2. The van der Waals surface area contributed by atoms with Crippen LogP contribution in [0.15, 0.2) is 35.9 Å². The van der Waals surface area contributed by atoms with Gasteiger partial charge in [-0.25, -0.2) is 0 Å². The van der Waals surface area contributed by atoms with Gasteiger partial charge in [-0.05, 0) is 42.8 Å². The molecule has 0 radical (unpaired) electrons. The largest absolute Gasteiger partial charge is 0.492 e. The summed E-state index contributed by atoms with van der Waals surface area (Å²) >= 11 is 0. The summed E-state index contributed by atoms with van der Waals surface area (Å²) in [7, 11) is 5.37. The average molecular weight is 368 g/mol. The molecule has 3 rings (SSSR count). The third-order valence-corrected chi connectivity index (χ3v) is 4.51. The molecule has 6 nitrogen and oxygen atoms in total. The number of carbonyl (C=O) groups excluding carboxylic acids is 1. The van der Waals surface area contributed by atoms with E-state index in [1.54, 1.807) is 19.2 Å². The molecule has 1 heterocycles. The first-order valence-electron chi connectivity index (χ1n) is 8.75. The number of ketones is 1. The van der Waals surface area contributed by atoms with Crippen molar-refractivity contribution in [1.29, 1.82) is 0 Å². The highest BCUT2D eigenvalue weighted by molar-refractivity contribution is 6.12. The number of nitrogen functional groups attached to an aromatic ring is 1. The number of nitrogens with zero attached hydrogens (tertiary/aromatic N) is 1. The van der Waals surface area contributed by atoms with Crippen LogP contribution < -0.4 is 24.8 Å². The smallest absolute Gasteiger partial charge is 0.231 e. The Balaban J connectivity index is 2.00. The Labute approximate surface area is 159 Å². The number of ether oxygens (including phenoxy) is 3. The number of methoxy groups -OCH3 is 1. The summed E-state index contributed by atoms with van der Waals surface area (Å²) in [4.78, 5) is 15.0. The van der Waals surface area contributed by atoms with E-state index in [0.29, 0.717) is 40.5 Å². The molecule has 0 spiro atoms. The summed E-state index contributed by atoms with van der Waals surface area (Å²) in [5.41, 5.74) is 9.49. The van der Waals surface area contributed by atoms with Gasteiger partial charge in [-0.15, -0.1) is 0 Å². The van der Waals surface area contributed by atoms with Crippen LogP contribution >= 0.6 is 0 Å². The molecule has 6 heteroatoms. The molecule has 0 saturated carbocycles. The number of Topliss-reactive ketones (excluding diaryl/α,β-unsaturated/α-hetero) is 1. The highest BCUT2D eigenvalue weighted by Crippen LogP contribution is 2.44. The average Bonchev–Trinajstić information content (AvgIpc) is 3.14. The number of rotatable bonds is 6. The molecule has 0 bridgehead atoms. The summed E-state index contributed by atoms with van der Waals surface area (Å²) in [6.45, 7) is 2.12. The Bertz CT molecular complexity index is 903. The lowest BCUT2D eigenvalue weighted by atomic mass is 9.97. The Hall–Kier alpha value is -3.15. The number of carbonyl (C=O) groups is 1. The van der Waals surface area contributed by atoms with Gasteiger partial charge in [0.1, 0.15) is 0 Å². The standard InChI is InChI=1S/C21H24N2O4/c1-5-13(19(24)14-6-8-16(22)17(11-14)23(2)3)10-15-7-9-18-21(20(15)25-4)27-12-26-18/h6-11H,5,12,22H2,1-4H3/b13-10+. The molecule has 0 unspecified atom stereocenters. The summed E-state index contributed by atoms with van der Waals surface area (Å²) in [5, 5.41) is 0. The number of hydrogen-bond acceptors (Lipinski definition) is 6. The van der Waals surface area contributed by atoms with Crippen molar-refractivity contribution >= 4 is 23.2 Å². The van der Waals surface area contributed by atoms with Crippen LogP contribution in [0.25, 0.3) is 6.08 Å². The summed E-state index contributed by atoms with van der Waals surface area (Å²) < 4.78 is 16.4. The molecule has 142 valence electrons. The van der Waals surface area contributed by atoms with Crippen LogP contribution in [0.4, 0.5) is 11.4 Å². The van der Waals surface area contributed by atoms with Crippen molar-refractivity contribution in [3.63, 3.8) is 0 Å². The zero-order valence-corrected chi connectivity index (χ0v) is 16.0. The maximum Gasteiger partial charge on any atom is 0.231 e. The third-order valence-electron chi connectivity index (χ3n) is 4.51. The van der Waals surface area contributed by atoms with Crippen molar-refractivity contribution in [2.75, 3.05) is 38.6 Å². The molecule has 0 aromatic heterocycles. The second kappa shape index (κ2) is 7.61. The highest BCUT2D eigenvalue weighted by atomic mass is 16.7. The topological polar surface area (TPSA) is 74.0 Å². The van der Waals surface area contributed by atoms with Gasteiger partial charge in [0, 0.05) is 30.8 Å². The molecule has 2 aromatic carbocycles. The lowest BCUT2D eigenvalue weighted by molar-refractivity contribution is 0.103. The number of nitrogens with two attached hydrogens (primary N) is 1. The predicted molar refractivity (Wildman–Crippen MR) is 107 cm³/mol. The number of benzene rings is 2. The van der Waals surface area contributed by atoms with Gasteiger partial charge in [0.25, 0.3) is 0 Å². The zero-order chi connectivity index (χ0) is 19.6. The van der Waals surface area contributed by atoms with Crippen molar-refractivity contribution in [2.24, 2.45) is 0 Å². The molecule has 2 N–H and O–H groups in total. The van der Waals surface area contributed by atoms with E-state index in [2.05, 4.69) is 0 Å². The molecule has 0 amide bonds. The fourth-order valence-electron chi connectivity index (χ4n) is 3.06. The summed E-state index contributed by atoms with van der Waals surface area (Å²) in [6, 6.07) is 9.02. The Morgan fingerprint density at radius 2 is 2.04 bits per heavy atom. The fraction of sp³-hybridized carbons (Fsp3) is 0.286. The van der Waals surface area contributed by atoms with E-state index in [1.165, 1.54) is 0 Å². The van der Waals surface area contributed by atoms with Crippen molar-refractivity contribution in [3.8, 4) is 17.2 Å². The van der Waals surface area contributed by atoms with Crippen LogP contribution in [0, 0.1) is 0 Å². The van der Waals surface area contributed by atoms with Crippen LogP contribution in [0.1, 0.15) is 29.3 Å². The number of hydrogen-bond donors (Lipinski definition) is 1. The molecule has 2 aromatic rings. The maximum absolute atomic E-state index is 13.1. The van der Waals surface area contributed by atoms with Crippen molar-refractivity contribution in [2.45, 2.75) is 13.3 Å². The number of fused-ring (bicyclic) bond motifs is 1. The first kappa shape index (κ1) is 18.6. The Morgan fingerprint density at radius 3 is 2.70 bits per heavy atom. The molecule has 0 aliphatic carbocycles. The van der Waals surface area contributed by atoms with E-state index in [9.17, 15) is 4.79 Å². The van der Waals surface area contributed by atoms with Gasteiger partial charge >= 0.3 is 0 Å². The van der Waals surface area contributed by atoms with Crippen molar-refractivity contribution in [1.82, 2.24) is 0 Å². The summed E-state index contributed by atoms with van der Waals surface area (Å²) in [6.07, 6.45) is 2.42. The van der Waals surface area contributed by atoms with Crippen LogP contribution in [-0.2, 0) is 0 Å². The van der Waals surface area contributed by atoms with Gasteiger partial charge in [-0.2, -0.15) is 0 Å². The first-order chi connectivity index (χ1) is 13.0.